The molecule has 0 unspecified atom stereocenters. The average Bonchev–Trinajstić information content (AvgIpc) is 2.38. The standard InChI is InChI=1S/C14H15ClN2/c1-17(14-5-3-2-4-13(14)15)11-8-12-6-9-16-10-7-12/h2-7,9-10H,8,11H2,1H3. The van der Waals surface area contributed by atoms with Crippen LogP contribution in [0.25, 0.3) is 0 Å². The Kier molecular flexibility index (Phi) is 3.99. The van der Waals surface area contributed by atoms with E-state index in [0.29, 0.717) is 0 Å². The molecule has 0 aliphatic carbocycles. The molecule has 17 heavy (non-hydrogen) atoms. The van der Waals surface area contributed by atoms with E-state index in [-0.39, 0.29) is 0 Å². The van der Waals surface area contributed by atoms with Crippen LogP contribution in [0.5, 0.6) is 0 Å². The van der Waals surface area contributed by atoms with Gasteiger partial charge >= 0.3 is 0 Å². The van der Waals surface area contributed by atoms with Crippen LogP contribution in [0.4, 0.5) is 5.69 Å². The van der Waals surface area contributed by atoms with Gasteiger partial charge < -0.3 is 4.90 Å². The molecular formula is C14H15ClN2. The Balaban J connectivity index is 1.99. The Morgan fingerprint density at radius 3 is 2.53 bits per heavy atom. The Morgan fingerprint density at radius 2 is 1.82 bits per heavy atom. The molecule has 1 aromatic heterocycles. The van der Waals surface area contributed by atoms with Gasteiger partial charge in [0.05, 0.1) is 10.7 Å². The van der Waals surface area contributed by atoms with E-state index in [0.717, 1.165) is 23.7 Å². The van der Waals surface area contributed by atoms with Gasteiger partial charge in [-0.3, -0.25) is 4.98 Å². The molecule has 0 N–H and O–H groups in total. The summed E-state index contributed by atoms with van der Waals surface area (Å²) in [7, 11) is 2.06. The summed E-state index contributed by atoms with van der Waals surface area (Å²) >= 11 is 6.15. The van der Waals surface area contributed by atoms with Crippen molar-refractivity contribution in [3.05, 3.63) is 59.4 Å². The zero-order valence-electron chi connectivity index (χ0n) is 9.81. The topological polar surface area (TPSA) is 16.1 Å². The van der Waals surface area contributed by atoms with Crippen LogP contribution >= 0.6 is 11.6 Å². The number of aromatic nitrogens is 1. The van der Waals surface area contributed by atoms with E-state index in [1.165, 1.54) is 5.56 Å². The zero-order valence-corrected chi connectivity index (χ0v) is 10.6. The normalized spacial score (nSPS) is 10.2. The highest BCUT2D eigenvalue weighted by atomic mass is 35.5. The summed E-state index contributed by atoms with van der Waals surface area (Å²) < 4.78 is 0. The largest absolute Gasteiger partial charge is 0.373 e. The number of para-hydroxylation sites is 1. The Morgan fingerprint density at radius 1 is 1.12 bits per heavy atom. The molecule has 2 rings (SSSR count). The van der Waals surface area contributed by atoms with Crippen LogP contribution in [0.15, 0.2) is 48.8 Å². The van der Waals surface area contributed by atoms with Crippen molar-refractivity contribution in [2.45, 2.75) is 6.42 Å². The summed E-state index contributed by atoms with van der Waals surface area (Å²) in [5, 5.41) is 0.796. The van der Waals surface area contributed by atoms with Crippen LogP contribution in [-0.4, -0.2) is 18.6 Å². The third-order valence-electron chi connectivity index (χ3n) is 2.75. The molecule has 0 saturated heterocycles. The molecule has 2 nitrogen and oxygen atoms in total. The number of hydrogen-bond acceptors (Lipinski definition) is 2. The van der Waals surface area contributed by atoms with Crippen LogP contribution in [0.3, 0.4) is 0 Å². The van der Waals surface area contributed by atoms with Gasteiger partial charge in [-0.15, -0.1) is 0 Å². The van der Waals surface area contributed by atoms with E-state index >= 15 is 0 Å². The fourth-order valence-electron chi connectivity index (χ4n) is 1.73. The van der Waals surface area contributed by atoms with Crippen LogP contribution in [-0.2, 0) is 6.42 Å². The molecule has 0 saturated carbocycles. The van der Waals surface area contributed by atoms with E-state index in [1.54, 1.807) is 0 Å². The monoisotopic (exact) mass is 246 g/mol. The molecule has 0 atom stereocenters. The summed E-state index contributed by atoms with van der Waals surface area (Å²) in [6.07, 6.45) is 4.64. The van der Waals surface area contributed by atoms with Crippen LogP contribution in [0.2, 0.25) is 5.02 Å². The van der Waals surface area contributed by atoms with E-state index in [4.69, 9.17) is 11.6 Å². The minimum Gasteiger partial charge on any atom is -0.373 e. The first kappa shape index (κ1) is 11.9. The van der Waals surface area contributed by atoms with Crippen molar-refractivity contribution in [1.82, 2.24) is 4.98 Å². The van der Waals surface area contributed by atoms with Gasteiger partial charge in [0, 0.05) is 26.0 Å². The number of pyridine rings is 1. The smallest absolute Gasteiger partial charge is 0.0639 e. The molecule has 0 spiro atoms. The Hall–Kier alpha value is -1.54. The highest BCUT2D eigenvalue weighted by Gasteiger charge is 2.04. The first-order chi connectivity index (χ1) is 8.27. The van der Waals surface area contributed by atoms with Crippen molar-refractivity contribution in [1.29, 1.82) is 0 Å². The maximum Gasteiger partial charge on any atom is 0.0639 e. The first-order valence-electron chi connectivity index (χ1n) is 5.62. The summed E-state index contributed by atoms with van der Waals surface area (Å²) in [6.45, 7) is 0.938. The lowest BCUT2D eigenvalue weighted by Gasteiger charge is -2.20. The van der Waals surface area contributed by atoms with Crippen molar-refractivity contribution in [2.75, 3.05) is 18.5 Å². The lowest BCUT2D eigenvalue weighted by molar-refractivity contribution is 0.875. The number of nitrogens with zero attached hydrogens (tertiary/aromatic N) is 2. The van der Waals surface area contributed by atoms with Gasteiger partial charge in [0.1, 0.15) is 0 Å². The highest BCUT2D eigenvalue weighted by molar-refractivity contribution is 6.33. The molecule has 1 heterocycles. The predicted octanol–water partition coefficient (Wildman–Crippen LogP) is 3.41. The number of anilines is 1. The minimum absolute atomic E-state index is 0.796. The molecular weight excluding hydrogens is 232 g/mol. The number of likely N-dealkylation sites (N-methyl/N-ethyl adjacent to an activating group) is 1. The van der Waals surface area contributed by atoms with Gasteiger partial charge in [-0.1, -0.05) is 23.7 Å². The second-order valence-corrected chi connectivity index (χ2v) is 4.39. The van der Waals surface area contributed by atoms with Gasteiger partial charge in [0.15, 0.2) is 0 Å². The molecule has 0 radical (unpaired) electrons. The number of halogens is 1. The maximum atomic E-state index is 6.15. The molecule has 0 aliphatic rings. The predicted molar refractivity (Wildman–Crippen MR) is 72.7 cm³/mol. The third kappa shape index (κ3) is 3.21. The first-order valence-corrected chi connectivity index (χ1v) is 6.00. The van der Waals surface area contributed by atoms with Gasteiger partial charge in [0.25, 0.3) is 0 Å². The average molecular weight is 247 g/mol. The van der Waals surface area contributed by atoms with E-state index < -0.39 is 0 Å². The number of hydrogen-bond donors (Lipinski definition) is 0. The van der Waals surface area contributed by atoms with Crippen molar-refractivity contribution >= 4 is 17.3 Å². The fraction of sp³-hybridized carbons (Fsp3) is 0.214. The molecule has 0 aliphatic heterocycles. The second kappa shape index (κ2) is 5.69. The Bertz CT molecular complexity index is 471. The lowest BCUT2D eigenvalue weighted by atomic mass is 10.2. The molecule has 1 aromatic carbocycles. The van der Waals surface area contributed by atoms with Gasteiger partial charge in [0.2, 0.25) is 0 Å². The molecule has 3 heteroatoms. The minimum atomic E-state index is 0.796. The molecule has 0 bridgehead atoms. The second-order valence-electron chi connectivity index (χ2n) is 3.98. The van der Waals surface area contributed by atoms with E-state index in [9.17, 15) is 0 Å². The van der Waals surface area contributed by atoms with Crippen molar-refractivity contribution in [2.24, 2.45) is 0 Å². The zero-order chi connectivity index (χ0) is 12.1. The van der Waals surface area contributed by atoms with Crippen LogP contribution < -0.4 is 4.90 Å². The fourth-order valence-corrected chi connectivity index (χ4v) is 2.01. The van der Waals surface area contributed by atoms with Crippen molar-refractivity contribution in [3.63, 3.8) is 0 Å². The highest BCUT2D eigenvalue weighted by Crippen LogP contribution is 2.23. The molecule has 0 fully saturated rings. The summed E-state index contributed by atoms with van der Waals surface area (Å²) in [4.78, 5) is 6.18. The van der Waals surface area contributed by atoms with Crippen LogP contribution in [0, 0.1) is 0 Å². The molecule has 2 aromatic rings. The quantitative estimate of drug-likeness (QED) is 0.822. The SMILES string of the molecule is CN(CCc1ccncc1)c1ccccc1Cl. The Labute approximate surface area is 107 Å². The van der Waals surface area contributed by atoms with Gasteiger partial charge in [-0.25, -0.2) is 0 Å². The lowest BCUT2D eigenvalue weighted by Crippen LogP contribution is -2.20. The number of benzene rings is 1. The van der Waals surface area contributed by atoms with Crippen molar-refractivity contribution in [3.8, 4) is 0 Å². The molecule has 88 valence electrons. The van der Waals surface area contributed by atoms with Gasteiger partial charge in [-0.05, 0) is 36.2 Å². The molecule has 0 amide bonds. The third-order valence-corrected chi connectivity index (χ3v) is 3.07. The summed E-state index contributed by atoms with van der Waals surface area (Å²) in [5.41, 5.74) is 2.36. The van der Waals surface area contributed by atoms with Crippen molar-refractivity contribution < 1.29 is 0 Å². The van der Waals surface area contributed by atoms with E-state index in [2.05, 4.69) is 16.9 Å². The number of rotatable bonds is 4. The maximum absolute atomic E-state index is 6.15. The summed E-state index contributed by atoms with van der Waals surface area (Å²) in [6, 6.07) is 12.0. The summed E-state index contributed by atoms with van der Waals surface area (Å²) in [5.74, 6) is 0. The van der Waals surface area contributed by atoms with Crippen LogP contribution in [0.1, 0.15) is 5.56 Å². The van der Waals surface area contributed by atoms with Gasteiger partial charge in [-0.2, -0.15) is 0 Å². The van der Waals surface area contributed by atoms with E-state index in [1.807, 2.05) is 48.8 Å².